The molecule has 11 heteroatoms. The Bertz CT molecular complexity index is 1890. The van der Waals surface area contributed by atoms with Crippen LogP contribution in [0.1, 0.15) is 34.7 Å². The molecular formula is C36H34N6O3S2. The van der Waals surface area contributed by atoms with E-state index in [9.17, 15) is 10.1 Å². The van der Waals surface area contributed by atoms with Crippen molar-refractivity contribution < 1.29 is 9.66 Å². The van der Waals surface area contributed by atoms with E-state index in [4.69, 9.17) is 21.9 Å². The van der Waals surface area contributed by atoms with Gasteiger partial charge in [0.05, 0.1) is 35.9 Å². The summed E-state index contributed by atoms with van der Waals surface area (Å²) in [6.45, 7) is 7.65. The third-order valence-corrected chi connectivity index (χ3v) is 10.1. The number of rotatable bonds is 8. The standard InChI is InChI=1S/C36H34N6O3S2/c1-24-23-32(25(2)40(24)27-8-6-26(7-9-27)39-19-21-45-22-20-39)35-34(33-5-3-4-18-37-33)38-36(46)41(35)28-10-14-30(15-11-28)47-31-16-12-29(13-17-31)42(43)44/h3-18,23,34-35H,19-22H2,1-2H3,(H,38,46)/t34-,35-/m0/s1. The molecule has 2 atom stereocenters. The zero-order chi connectivity index (χ0) is 32.5. The number of hydrogen-bond acceptors (Lipinski definition) is 7. The van der Waals surface area contributed by atoms with Crippen molar-refractivity contribution in [2.24, 2.45) is 0 Å². The van der Waals surface area contributed by atoms with Gasteiger partial charge in [-0.15, -0.1) is 0 Å². The van der Waals surface area contributed by atoms with Crippen LogP contribution < -0.4 is 15.1 Å². The van der Waals surface area contributed by atoms with Crippen LogP contribution >= 0.6 is 24.0 Å². The number of anilines is 2. The molecule has 0 amide bonds. The number of benzene rings is 3. The molecule has 0 unspecified atom stereocenters. The Labute approximate surface area is 283 Å². The third-order valence-electron chi connectivity index (χ3n) is 8.77. The van der Waals surface area contributed by atoms with E-state index in [1.165, 1.54) is 23.4 Å². The van der Waals surface area contributed by atoms with Crippen molar-refractivity contribution in [2.75, 3.05) is 36.1 Å². The molecule has 9 nitrogen and oxygen atoms in total. The van der Waals surface area contributed by atoms with E-state index < -0.39 is 0 Å². The topological polar surface area (TPSA) is 88.7 Å². The van der Waals surface area contributed by atoms with Crippen molar-refractivity contribution in [1.82, 2.24) is 14.9 Å². The fraction of sp³-hybridized carbons (Fsp3) is 0.222. The highest BCUT2D eigenvalue weighted by Crippen LogP contribution is 2.44. The number of thiocarbonyl (C=S) groups is 1. The van der Waals surface area contributed by atoms with Crippen molar-refractivity contribution in [1.29, 1.82) is 0 Å². The maximum Gasteiger partial charge on any atom is 0.269 e. The fourth-order valence-corrected chi connectivity index (χ4v) is 7.68. The van der Waals surface area contributed by atoms with Gasteiger partial charge in [-0.1, -0.05) is 17.8 Å². The summed E-state index contributed by atoms with van der Waals surface area (Å²) in [5.41, 5.74) is 7.76. The molecule has 2 aliphatic rings. The van der Waals surface area contributed by atoms with Gasteiger partial charge in [-0.25, -0.2) is 0 Å². The molecular weight excluding hydrogens is 629 g/mol. The smallest absolute Gasteiger partial charge is 0.269 e. The first-order chi connectivity index (χ1) is 22.9. The van der Waals surface area contributed by atoms with Crippen LogP contribution in [0.2, 0.25) is 0 Å². The SMILES string of the molecule is Cc1cc([C@H]2[C@H](c3ccccn3)NC(=S)N2c2ccc(Sc3ccc([N+](=O)[O-])cc3)cc2)c(C)n1-c1ccc(N2CCOCC2)cc1. The first-order valence-corrected chi connectivity index (χ1v) is 16.7. The fourth-order valence-electron chi connectivity index (χ4n) is 6.51. The van der Waals surface area contributed by atoms with Gasteiger partial charge in [0.25, 0.3) is 5.69 Å². The van der Waals surface area contributed by atoms with Crippen LogP contribution in [0.5, 0.6) is 0 Å². The normalized spacial score (nSPS) is 18.0. The summed E-state index contributed by atoms with van der Waals surface area (Å²) in [6.07, 6.45) is 1.82. The predicted molar refractivity (Wildman–Crippen MR) is 190 cm³/mol. The van der Waals surface area contributed by atoms with E-state index in [-0.39, 0.29) is 22.7 Å². The zero-order valence-electron chi connectivity index (χ0n) is 26.1. The lowest BCUT2D eigenvalue weighted by molar-refractivity contribution is -0.384. The Morgan fingerprint density at radius 1 is 0.894 bits per heavy atom. The molecule has 238 valence electrons. The number of nitrogens with one attached hydrogen (secondary N) is 1. The monoisotopic (exact) mass is 662 g/mol. The number of non-ortho nitro benzene ring substituents is 1. The molecule has 1 N–H and O–H groups in total. The molecule has 4 heterocycles. The van der Waals surface area contributed by atoms with Crippen molar-refractivity contribution >= 4 is 46.2 Å². The number of aromatic nitrogens is 2. The minimum absolute atomic E-state index is 0.0811. The number of ether oxygens (including phenoxy) is 1. The quantitative estimate of drug-likeness (QED) is 0.103. The second-order valence-corrected chi connectivity index (χ2v) is 13.2. The van der Waals surface area contributed by atoms with Crippen LogP contribution in [-0.2, 0) is 4.74 Å². The summed E-state index contributed by atoms with van der Waals surface area (Å²) in [5.74, 6) is 0. The minimum Gasteiger partial charge on any atom is -0.378 e. The van der Waals surface area contributed by atoms with Crippen molar-refractivity contribution in [3.63, 3.8) is 0 Å². The second-order valence-electron chi connectivity index (χ2n) is 11.6. The number of nitro benzene ring substituents is 1. The number of morpholine rings is 1. The lowest BCUT2D eigenvalue weighted by Crippen LogP contribution is -2.36. The summed E-state index contributed by atoms with van der Waals surface area (Å²) < 4.78 is 7.85. The number of nitro groups is 1. The molecule has 7 rings (SSSR count). The number of nitrogens with zero attached hydrogens (tertiary/aromatic N) is 5. The first kappa shape index (κ1) is 30.9. The molecule has 2 saturated heterocycles. The molecule has 0 saturated carbocycles. The molecule has 2 fully saturated rings. The van der Waals surface area contributed by atoms with E-state index >= 15 is 0 Å². The van der Waals surface area contributed by atoms with Gasteiger partial charge in [0.1, 0.15) is 0 Å². The van der Waals surface area contributed by atoms with Gasteiger partial charge in [0.15, 0.2) is 5.11 Å². The molecule has 47 heavy (non-hydrogen) atoms. The largest absolute Gasteiger partial charge is 0.378 e. The van der Waals surface area contributed by atoms with Gasteiger partial charge in [0, 0.05) is 69.7 Å². The van der Waals surface area contributed by atoms with E-state index in [0.29, 0.717) is 5.11 Å². The lowest BCUT2D eigenvalue weighted by atomic mass is 9.96. The third kappa shape index (κ3) is 6.21. The molecule has 0 spiro atoms. The van der Waals surface area contributed by atoms with Crippen LogP contribution in [-0.4, -0.2) is 45.9 Å². The molecule has 2 aromatic heterocycles. The minimum atomic E-state index is -0.384. The average Bonchev–Trinajstić information content (AvgIpc) is 3.60. The lowest BCUT2D eigenvalue weighted by Gasteiger charge is -2.29. The van der Waals surface area contributed by atoms with Crippen LogP contribution in [0.15, 0.2) is 113 Å². The highest BCUT2D eigenvalue weighted by Gasteiger charge is 2.42. The van der Waals surface area contributed by atoms with Gasteiger partial charge in [-0.2, -0.15) is 0 Å². The predicted octanol–water partition coefficient (Wildman–Crippen LogP) is 7.56. The molecule has 0 aliphatic carbocycles. The Morgan fingerprint density at radius 3 is 2.17 bits per heavy atom. The first-order valence-electron chi connectivity index (χ1n) is 15.5. The maximum atomic E-state index is 11.1. The Hall–Kier alpha value is -4.71. The Morgan fingerprint density at radius 2 is 1.53 bits per heavy atom. The maximum absolute atomic E-state index is 11.1. The average molecular weight is 663 g/mol. The van der Waals surface area contributed by atoms with Crippen molar-refractivity contribution in [2.45, 2.75) is 35.7 Å². The Balaban J connectivity index is 1.21. The van der Waals surface area contributed by atoms with Gasteiger partial charge < -0.3 is 24.4 Å². The molecule has 0 bridgehead atoms. The highest BCUT2D eigenvalue weighted by atomic mass is 32.2. The van der Waals surface area contributed by atoms with Crippen molar-refractivity contribution in [3.8, 4) is 5.69 Å². The summed E-state index contributed by atoms with van der Waals surface area (Å²) in [4.78, 5) is 21.9. The van der Waals surface area contributed by atoms with Crippen LogP contribution in [0.4, 0.5) is 17.1 Å². The number of pyridine rings is 1. The Kier molecular flexibility index (Phi) is 8.68. The number of aryl methyl sites for hydroxylation is 1. The van der Waals surface area contributed by atoms with Crippen LogP contribution in [0.3, 0.4) is 0 Å². The summed E-state index contributed by atoms with van der Waals surface area (Å²) in [7, 11) is 0. The van der Waals surface area contributed by atoms with E-state index in [0.717, 1.165) is 64.6 Å². The summed E-state index contributed by atoms with van der Waals surface area (Å²) in [6, 6.07) is 31.6. The van der Waals surface area contributed by atoms with Crippen molar-refractivity contribution in [3.05, 3.63) is 136 Å². The number of hydrogen-bond donors (Lipinski definition) is 1. The van der Waals surface area contributed by atoms with E-state index in [1.54, 1.807) is 23.9 Å². The van der Waals surface area contributed by atoms with E-state index in [2.05, 4.69) is 88.1 Å². The van der Waals surface area contributed by atoms with Gasteiger partial charge >= 0.3 is 0 Å². The van der Waals surface area contributed by atoms with Crippen LogP contribution in [0, 0.1) is 24.0 Å². The molecule has 0 radical (unpaired) electrons. The van der Waals surface area contributed by atoms with Gasteiger partial charge in [-0.3, -0.25) is 15.1 Å². The van der Waals surface area contributed by atoms with Crippen LogP contribution in [0.25, 0.3) is 5.69 Å². The summed E-state index contributed by atoms with van der Waals surface area (Å²) in [5, 5.41) is 15.3. The zero-order valence-corrected chi connectivity index (χ0v) is 27.7. The molecule has 2 aliphatic heterocycles. The van der Waals surface area contributed by atoms with Gasteiger partial charge in [-0.05, 0) is 110 Å². The highest BCUT2D eigenvalue weighted by molar-refractivity contribution is 7.99. The second kappa shape index (κ2) is 13.2. The summed E-state index contributed by atoms with van der Waals surface area (Å²) >= 11 is 7.56. The molecule has 5 aromatic rings. The van der Waals surface area contributed by atoms with E-state index in [1.807, 2.05) is 24.4 Å². The molecule has 3 aromatic carbocycles. The van der Waals surface area contributed by atoms with Gasteiger partial charge in [0.2, 0.25) is 0 Å².